The zero-order valence-electron chi connectivity index (χ0n) is 14.3. The van der Waals surface area contributed by atoms with Crippen LogP contribution in [0.4, 0.5) is 20.7 Å². The van der Waals surface area contributed by atoms with E-state index in [2.05, 4.69) is 20.5 Å². The fraction of sp³-hybridized carbons (Fsp3) is 0.368. The highest BCUT2D eigenvalue weighted by molar-refractivity contribution is 5.89. The lowest BCUT2D eigenvalue weighted by Crippen LogP contribution is -2.42. The maximum atomic E-state index is 13.3. The molecule has 0 saturated carbocycles. The van der Waals surface area contributed by atoms with Gasteiger partial charge in [0.1, 0.15) is 5.82 Å². The summed E-state index contributed by atoms with van der Waals surface area (Å²) in [6.07, 6.45) is 2.04. The van der Waals surface area contributed by atoms with Crippen LogP contribution in [-0.4, -0.2) is 30.6 Å². The molecule has 2 amide bonds. The average molecular weight is 342 g/mol. The Labute approximate surface area is 147 Å². The summed E-state index contributed by atoms with van der Waals surface area (Å²) in [7, 11) is 0. The van der Waals surface area contributed by atoms with Crippen molar-refractivity contribution < 1.29 is 9.18 Å². The van der Waals surface area contributed by atoms with E-state index in [1.165, 1.54) is 6.07 Å². The number of benzene rings is 1. The SMILES string of the molecule is Cc1ccc(NC(=O)NCC2CCCN(c3cccc(F)n3)C2)cc1. The molecule has 0 spiro atoms. The van der Waals surface area contributed by atoms with E-state index < -0.39 is 5.95 Å². The fourth-order valence-corrected chi connectivity index (χ4v) is 3.06. The largest absolute Gasteiger partial charge is 0.356 e. The van der Waals surface area contributed by atoms with Crippen LogP contribution in [0.1, 0.15) is 18.4 Å². The van der Waals surface area contributed by atoms with E-state index in [1.54, 1.807) is 6.07 Å². The standard InChI is InChI=1S/C19H23FN4O/c1-14-7-9-16(10-8-14)22-19(25)21-12-15-4-3-11-24(13-15)18-6-2-5-17(20)23-18/h2,5-10,15H,3-4,11-13H2,1H3,(H2,21,22,25). The van der Waals surface area contributed by atoms with Crippen LogP contribution < -0.4 is 15.5 Å². The molecule has 1 aromatic heterocycles. The van der Waals surface area contributed by atoms with Crippen molar-refractivity contribution in [1.29, 1.82) is 0 Å². The first kappa shape index (κ1) is 17.2. The van der Waals surface area contributed by atoms with E-state index in [4.69, 9.17) is 0 Å². The van der Waals surface area contributed by atoms with Crippen molar-refractivity contribution in [1.82, 2.24) is 10.3 Å². The fourth-order valence-electron chi connectivity index (χ4n) is 3.06. The minimum absolute atomic E-state index is 0.204. The van der Waals surface area contributed by atoms with Gasteiger partial charge in [-0.3, -0.25) is 0 Å². The molecule has 2 heterocycles. The highest BCUT2D eigenvalue weighted by Crippen LogP contribution is 2.21. The van der Waals surface area contributed by atoms with Crippen molar-refractivity contribution >= 4 is 17.5 Å². The van der Waals surface area contributed by atoms with Gasteiger partial charge in [-0.15, -0.1) is 0 Å². The monoisotopic (exact) mass is 342 g/mol. The van der Waals surface area contributed by atoms with Gasteiger partial charge in [0.25, 0.3) is 0 Å². The molecule has 2 N–H and O–H groups in total. The topological polar surface area (TPSA) is 57.3 Å². The van der Waals surface area contributed by atoms with Crippen LogP contribution in [0.5, 0.6) is 0 Å². The van der Waals surface area contributed by atoms with Gasteiger partial charge in [0, 0.05) is 25.3 Å². The Hall–Kier alpha value is -2.63. The number of urea groups is 1. The van der Waals surface area contributed by atoms with E-state index in [0.29, 0.717) is 18.3 Å². The highest BCUT2D eigenvalue weighted by Gasteiger charge is 2.21. The second-order valence-electron chi connectivity index (χ2n) is 6.47. The molecular weight excluding hydrogens is 319 g/mol. The van der Waals surface area contributed by atoms with E-state index in [-0.39, 0.29) is 6.03 Å². The third-order valence-corrected chi connectivity index (χ3v) is 4.40. The highest BCUT2D eigenvalue weighted by atomic mass is 19.1. The molecule has 0 aliphatic carbocycles. The van der Waals surface area contributed by atoms with Crippen LogP contribution in [0.15, 0.2) is 42.5 Å². The number of aromatic nitrogens is 1. The van der Waals surface area contributed by atoms with Crippen LogP contribution in [0, 0.1) is 18.8 Å². The van der Waals surface area contributed by atoms with E-state index in [9.17, 15) is 9.18 Å². The average Bonchev–Trinajstić information content (AvgIpc) is 2.62. The molecule has 1 aliphatic heterocycles. The Balaban J connectivity index is 1.49. The summed E-state index contributed by atoms with van der Waals surface area (Å²) in [5.74, 6) is 0.520. The Morgan fingerprint density at radius 1 is 1.28 bits per heavy atom. The van der Waals surface area contributed by atoms with Crippen molar-refractivity contribution in [2.45, 2.75) is 19.8 Å². The molecular formula is C19H23FN4O. The number of amides is 2. The van der Waals surface area contributed by atoms with E-state index in [1.807, 2.05) is 37.3 Å². The molecule has 2 aromatic rings. The van der Waals surface area contributed by atoms with Gasteiger partial charge in [-0.1, -0.05) is 23.8 Å². The molecule has 1 aromatic carbocycles. The zero-order valence-corrected chi connectivity index (χ0v) is 14.3. The molecule has 0 bridgehead atoms. The number of anilines is 2. The number of carbonyl (C=O) groups is 1. The first-order valence-electron chi connectivity index (χ1n) is 8.59. The van der Waals surface area contributed by atoms with Crippen molar-refractivity contribution in [2.75, 3.05) is 29.9 Å². The Kier molecular flexibility index (Phi) is 5.48. The van der Waals surface area contributed by atoms with Gasteiger partial charge < -0.3 is 15.5 Å². The van der Waals surface area contributed by atoms with Gasteiger partial charge in [-0.05, 0) is 49.9 Å². The molecule has 132 valence electrons. The van der Waals surface area contributed by atoms with Gasteiger partial charge in [-0.2, -0.15) is 4.39 Å². The lowest BCUT2D eigenvalue weighted by atomic mass is 9.98. The molecule has 1 unspecified atom stereocenters. The van der Waals surface area contributed by atoms with Gasteiger partial charge in [0.05, 0.1) is 0 Å². The predicted octanol–water partition coefficient (Wildman–Crippen LogP) is 3.57. The summed E-state index contributed by atoms with van der Waals surface area (Å²) in [4.78, 5) is 18.1. The van der Waals surface area contributed by atoms with Gasteiger partial charge in [-0.25, -0.2) is 9.78 Å². The third kappa shape index (κ3) is 4.92. The number of nitrogens with one attached hydrogen (secondary N) is 2. The second kappa shape index (κ2) is 7.96. The molecule has 0 radical (unpaired) electrons. The lowest BCUT2D eigenvalue weighted by molar-refractivity contribution is 0.249. The minimum atomic E-state index is -0.463. The van der Waals surface area contributed by atoms with Crippen LogP contribution in [0.3, 0.4) is 0 Å². The summed E-state index contributed by atoms with van der Waals surface area (Å²) in [6, 6.07) is 12.3. The molecule has 3 rings (SSSR count). The molecule has 1 atom stereocenters. The summed E-state index contributed by atoms with van der Waals surface area (Å²) in [5.41, 5.74) is 1.93. The Morgan fingerprint density at radius 2 is 2.08 bits per heavy atom. The smallest absolute Gasteiger partial charge is 0.319 e. The van der Waals surface area contributed by atoms with E-state index in [0.717, 1.165) is 37.2 Å². The van der Waals surface area contributed by atoms with Gasteiger partial charge in [0.15, 0.2) is 0 Å². The number of piperidine rings is 1. The molecule has 1 fully saturated rings. The normalized spacial score (nSPS) is 17.2. The van der Waals surface area contributed by atoms with Crippen LogP contribution in [0.2, 0.25) is 0 Å². The number of hydrogen-bond acceptors (Lipinski definition) is 3. The summed E-state index contributed by atoms with van der Waals surface area (Å²) >= 11 is 0. The van der Waals surface area contributed by atoms with Crippen LogP contribution >= 0.6 is 0 Å². The maximum absolute atomic E-state index is 13.3. The second-order valence-corrected chi connectivity index (χ2v) is 6.47. The molecule has 1 saturated heterocycles. The van der Waals surface area contributed by atoms with Crippen molar-refractivity contribution in [3.8, 4) is 0 Å². The third-order valence-electron chi connectivity index (χ3n) is 4.40. The first-order valence-corrected chi connectivity index (χ1v) is 8.59. The number of aryl methyl sites for hydroxylation is 1. The first-order chi connectivity index (χ1) is 12.1. The van der Waals surface area contributed by atoms with Crippen LogP contribution in [-0.2, 0) is 0 Å². The number of pyridine rings is 1. The van der Waals surface area contributed by atoms with Crippen molar-refractivity contribution in [3.63, 3.8) is 0 Å². The number of carbonyl (C=O) groups excluding carboxylic acids is 1. The summed E-state index contributed by atoms with van der Waals surface area (Å²) in [5, 5.41) is 5.76. The van der Waals surface area contributed by atoms with E-state index >= 15 is 0 Å². The zero-order chi connectivity index (χ0) is 17.6. The van der Waals surface area contributed by atoms with Gasteiger partial charge in [0.2, 0.25) is 5.95 Å². The number of nitrogens with zero attached hydrogens (tertiary/aromatic N) is 2. The number of rotatable bonds is 4. The summed E-state index contributed by atoms with van der Waals surface area (Å²) < 4.78 is 13.3. The lowest BCUT2D eigenvalue weighted by Gasteiger charge is -2.33. The predicted molar refractivity (Wildman–Crippen MR) is 97.3 cm³/mol. The number of halogens is 1. The molecule has 1 aliphatic rings. The Bertz CT molecular complexity index is 720. The molecule has 6 heteroatoms. The molecule has 25 heavy (non-hydrogen) atoms. The minimum Gasteiger partial charge on any atom is -0.356 e. The maximum Gasteiger partial charge on any atom is 0.319 e. The molecule has 5 nitrogen and oxygen atoms in total. The van der Waals surface area contributed by atoms with Crippen LogP contribution in [0.25, 0.3) is 0 Å². The summed E-state index contributed by atoms with van der Waals surface area (Å²) in [6.45, 7) is 4.22. The number of hydrogen-bond donors (Lipinski definition) is 2. The van der Waals surface area contributed by atoms with Gasteiger partial charge >= 0.3 is 6.03 Å². The Morgan fingerprint density at radius 3 is 2.84 bits per heavy atom. The van der Waals surface area contributed by atoms with Crippen molar-refractivity contribution in [2.24, 2.45) is 5.92 Å². The quantitative estimate of drug-likeness (QED) is 0.835. The van der Waals surface area contributed by atoms with Crippen molar-refractivity contribution in [3.05, 3.63) is 54.0 Å².